The van der Waals surface area contributed by atoms with Gasteiger partial charge in [-0.25, -0.2) is 8.78 Å². The third-order valence-corrected chi connectivity index (χ3v) is 3.60. The van der Waals surface area contributed by atoms with Gasteiger partial charge in [0.15, 0.2) is 0 Å². The summed E-state index contributed by atoms with van der Waals surface area (Å²) in [5.41, 5.74) is 1.08. The Morgan fingerprint density at radius 3 is 2.52 bits per heavy atom. The average molecular weight is 310 g/mol. The van der Waals surface area contributed by atoms with Crippen LogP contribution in [-0.4, -0.2) is 6.54 Å². The standard InChI is InChI=1S/C17H18ClF2N/c1-2-9-21-17(14-5-3-4-6-15(14)19)10-12-7-8-13(18)11-16(12)20/h3-8,11,17,21H,2,9-10H2,1H3. The van der Waals surface area contributed by atoms with Crippen LogP contribution < -0.4 is 5.32 Å². The van der Waals surface area contributed by atoms with E-state index in [0.29, 0.717) is 22.6 Å². The van der Waals surface area contributed by atoms with Crippen molar-refractivity contribution < 1.29 is 8.78 Å². The molecule has 112 valence electrons. The van der Waals surface area contributed by atoms with E-state index in [2.05, 4.69) is 5.32 Å². The molecule has 0 fully saturated rings. The SMILES string of the molecule is CCCNC(Cc1ccc(Cl)cc1F)c1ccccc1F. The molecule has 0 amide bonds. The van der Waals surface area contributed by atoms with Crippen molar-refractivity contribution in [3.8, 4) is 0 Å². The molecule has 4 heteroatoms. The van der Waals surface area contributed by atoms with E-state index in [9.17, 15) is 8.78 Å². The summed E-state index contributed by atoms with van der Waals surface area (Å²) in [5, 5.41) is 3.64. The zero-order valence-corrected chi connectivity index (χ0v) is 12.6. The van der Waals surface area contributed by atoms with Crippen LogP contribution in [0.2, 0.25) is 5.02 Å². The van der Waals surface area contributed by atoms with Crippen molar-refractivity contribution in [3.05, 3.63) is 70.2 Å². The fourth-order valence-electron chi connectivity index (χ4n) is 2.28. The van der Waals surface area contributed by atoms with E-state index < -0.39 is 0 Å². The Hall–Kier alpha value is -1.45. The fraction of sp³-hybridized carbons (Fsp3) is 0.294. The Balaban J connectivity index is 2.26. The average Bonchev–Trinajstić information content (AvgIpc) is 2.46. The molecular weight excluding hydrogens is 292 g/mol. The molecule has 0 spiro atoms. The molecule has 0 saturated heterocycles. The van der Waals surface area contributed by atoms with Gasteiger partial charge in [0, 0.05) is 16.6 Å². The minimum Gasteiger partial charge on any atom is -0.310 e. The summed E-state index contributed by atoms with van der Waals surface area (Å²) < 4.78 is 27.9. The molecule has 1 N–H and O–H groups in total. The lowest BCUT2D eigenvalue weighted by Crippen LogP contribution is -2.25. The fourth-order valence-corrected chi connectivity index (χ4v) is 2.43. The van der Waals surface area contributed by atoms with Crippen molar-refractivity contribution in [1.29, 1.82) is 0 Å². The summed E-state index contributed by atoms with van der Waals surface area (Å²) in [7, 11) is 0. The molecule has 0 radical (unpaired) electrons. The van der Waals surface area contributed by atoms with Gasteiger partial charge < -0.3 is 5.32 Å². The number of hydrogen-bond acceptors (Lipinski definition) is 1. The minimum atomic E-state index is -0.359. The Morgan fingerprint density at radius 1 is 1.10 bits per heavy atom. The predicted molar refractivity (Wildman–Crippen MR) is 82.5 cm³/mol. The molecule has 0 bridgehead atoms. The van der Waals surface area contributed by atoms with Gasteiger partial charge >= 0.3 is 0 Å². The van der Waals surface area contributed by atoms with Crippen LogP contribution in [0.5, 0.6) is 0 Å². The smallest absolute Gasteiger partial charge is 0.127 e. The van der Waals surface area contributed by atoms with Gasteiger partial charge in [-0.2, -0.15) is 0 Å². The summed E-state index contributed by atoms with van der Waals surface area (Å²) in [5.74, 6) is -0.636. The highest BCUT2D eigenvalue weighted by Crippen LogP contribution is 2.24. The molecule has 2 aromatic carbocycles. The van der Waals surface area contributed by atoms with Gasteiger partial charge in [0.1, 0.15) is 11.6 Å². The van der Waals surface area contributed by atoms with Crippen molar-refractivity contribution >= 4 is 11.6 Å². The van der Waals surface area contributed by atoms with Gasteiger partial charge in [0.25, 0.3) is 0 Å². The highest BCUT2D eigenvalue weighted by atomic mass is 35.5. The van der Waals surface area contributed by atoms with Crippen molar-refractivity contribution in [1.82, 2.24) is 5.32 Å². The Bertz CT molecular complexity index is 601. The molecule has 0 heterocycles. The third-order valence-electron chi connectivity index (χ3n) is 3.36. The molecule has 0 aliphatic heterocycles. The van der Waals surface area contributed by atoms with Crippen LogP contribution in [0.1, 0.15) is 30.5 Å². The first-order chi connectivity index (χ1) is 10.1. The monoisotopic (exact) mass is 309 g/mol. The van der Waals surface area contributed by atoms with E-state index in [1.807, 2.05) is 6.92 Å². The molecule has 2 rings (SSSR count). The maximum atomic E-state index is 14.0. The normalized spacial score (nSPS) is 12.4. The molecule has 0 aromatic heterocycles. The molecule has 0 aliphatic carbocycles. The molecule has 1 nitrogen and oxygen atoms in total. The largest absolute Gasteiger partial charge is 0.310 e. The first-order valence-electron chi connectivity index (χ1n) is 7.03. The van der Waals surface area contributed by atoms with E-state index in [0.717, 1.165) is 13.0 Å². The Kier molecular flexibility index (Phi) is 5.71. The molecule has 0 aliphatic rings. The first-order valence-corrected chi connectivity index (χ1v) is 7.41. The number of benzene rings is 2. The second-order valence-electron chi connectivity index (χ2n) is 4.97. The number of halogens is 3. The van der Waals surface area contributed by atoms with E-state index in [1.165, 1.54) is 12.1 Å². The summed E-state index contributed by atoms with van der Waals surface area (Å²) in [6.07, 6.45) is 1.30. The molecule has 2 aromatic rings. The number of nitrogens with one attached hydrogen (secondary N) is 1. The van der Waals surface area contributed by atoms with E-state index >= 15 is 0 Å². The first kappa shape index (κ1) is 15.9. The van der Waals surface area contributed by atoms with E-state index in [4.69, 9.17) is 11.6 Å². The van der Waals surface area contributed by atoms with Crippen LogP contribution in [0.15, 0.2) is 42.5 Å². The maximum Gasteiger partial charge on any atom is 0.127 e. The van der Waals surface area contributed by atoms with Crippen molar-refractivity contribution in [2.24, 2.45) is 0 Å². The Labute approximate surface area is 128 Å². The Morgan fingerprint density at radius 2 is 1.86 bits per heavy atom. The van der Waals surface area contributed by atoms with Crippen LogP contribution >= 0.6 is 11.6 Å². The van der Waals surface area contributed by atoms with Gasteiger partial charge in [-0.05, 0) is 43.1 Å². The molecule has 1 atom stereocenters. The van der Waals surface area contributed by atoms with E-state index in [1.54, 1.807) is 30.3 Å². The van der Waals surface area contributed by atoms with Gasteiger partial charge in [-0.3, -0.25) is 0 Å². The second kappa shape index (κ2) is 7.53. The number of hydrogen-bond donors (Lipinski definition) is 1. The topological polar surface area (TPSA) is 12.0 Å². The van der Waals surface area contributed by atoms with Gasteiger partial charge in [0.05, 0.1) is 0 Å². The minimum absolute atomic E-state index is 0.262. The maximum absolute atomic E-state index is 14.0. The zero-order chi connectivity index (χ0) is 15.2. The van der Waals surface area contributed by atoms with Gasteiger partial charge in [0.2, 0.25) is 0 Å². The van der Waals surface area contributed by atoms with Crippen LogP contribution in [0.25, 0.3) is 0 Å². The molecule has 1 unspecified atom stereocenters. The number of rotatable bonds is 6. The summed E-state index contributed by atoms with van der Waals surface area (Å²) in [6, 6.07) is 10.9. The van der Waals surface area contributed by atoms with Crippen molar-refractivity contribution in [2.45, 2.75) is 25.8 Å². The van der Waals surface area contributed by atoms with Crippen LogP contribution in [0.4, 0.5) is 8.78 Å². The lowest BCUT2D eigenvalue weighted by molar-refractivity contribution is 0.487. The van der Waals surface area contributed by atoms with Crippen LogP contribution in [0.3, 0.4) is 0 Å². The highest BCUT2D eigenvalue weighted by Gasteiger charge is 2.17. The molecule has 21 heavy (non-hydrogen) atoms. The van der Waals surface area contributed by atoms with Gasteiger partial charge in [-0.15, -0.1) is 0 Å². The third kappa shape index (κ3) is 4.26. The lowest BCUT2D eigenvalue weighted by Gasteiger charge is -2.20. The quantitative estimate of drug-likeness (QED) is 0.800. The summed E-state index contributed by atoms with van der Waals surface area (Å²) in [6.45, 7) is 2.78. The predicted octanol–water partition coefficient (Wildman–Crippen LogP) is 4.90. The lowest BCUT2D eigenvalue weighted by atomic mass is 9.98. The zero-order valence-electron chi connectivity index (χ0n) is 11.9. The van der Waals surface area contributed by atoms with Crippen LogP contribution in [0, 0.1) is 11.6 Å². The van der Waals surface area contributed by atoms with Gasteiger partial charge in [-0.1, -0.05) is 42.8 Å². The van der Waals surface area contributed by atoms with Crippen LogP contribution in [-0.2, 0) is 6.42 Å². The molecular formula is C17H18ClF2N. The summed E-state index contributed by atoms with van der Waals surface area (Å²) in [4.78, 5) is 0. The second-order valence-corrected chi connectivity index (χ2v) is 5.40. The van der Waals surface area contributed by atoms with Crippen molar-refractivity contribution in [3.63, 3.8) is 0 Å². The summed E-state index contributed by atoms with van der Waals surface area (Å²) >= 11 is 5.76. The van der Waals surface area contributed by atoms with Crippen molar-refractivity contribution in [2.75, 3.05) is 6.54 Å². The molecule has 0 saturated carbocycles. The van der Waals surface area contributed by atoms with E-state index in [-0.39, 0.29) is 17.7 Å². The highest BCUT2D eigenvalue weighted by molar-refractivity contribution is 6.30.